The van der Waals surface area contributed by atoms with E-state index in [0.717, 1.165) is 30.8 Å². The first kappa shape index (κ1) is 17.8. The lowest BCUT2D eigenvalue weighted by Gasteiger charge is -2.22. The Kier molecular flexibility index (Phi) is 6.86. The summed E-state index contributed by atoms with van der Waals surface area (Å²) in [6.45, 7) is 2.27. The molecule has 0 radical (unpaired) electrons. The molecule has 1 aliphatic rings. The topological polar surface area (TPSA) is 53.9 Å². The van der Waals surface area contributed by atoms with Gasteiger partial charge in [-0.3, -0.25) is 9.59 Å². The number of likely N-dealkylation sites (N-methyl/N-ethyl adjacent to an activating group) is 1. The Balaban J connectivity index is 1.79. The summed E-state index contributed by atoms with van der Waals surface area (Å²) >= 11 is 6.02. The normalized spacial score (nSPS) is 16.5. The maximum absolute atomic E-state index is 12.3. The van der Waals surface area contributed by atoms with Crippen molar-refractivity contribution in [1.82, 2.24) is 4.90 Å². The quantitative estimate of drug-likeness (QED) is 0.847. The minimum absolute atomic E-state index is 0.134. The number of benzene rings is 1. The van der Waals surface area contributed by atoms with Crippen LogP contribution in [0.2, 0.25) is 5.02 Å². The van der Waals surface area contributed by atoms with Gasteiger partial charge in [0.05, 0.1) is 17.8 Å². The van der Waals surface area contributed by atoms with Gasteiger partial charge in [0, 0.05) is 13.1 Å². The zero-order valence-electron chi connectivity index (χ0n) is 13.6. The number of halogens is 1. The Labute approximate surface area is 142 Å². The fourth-order valence-corrected chi connectivity index (χ4v) is 2.97. The first-order valence-corrected chi connectivity index (χ1v) is 8.57. The molecule has 2 amide bonds. The number of hydrogen-bond donors (Lipinski definition) is 2. The summed E-state index contributed by atoms with van der Waals surface area (Å²) in [6.07, 6.45) is 4.56. The number of hydrogen-bond acceptors (Lipinski definition) is 2. The van der Waals surface area contributed by atoms with E-state index in [0.29, 0.717) is 17.3 Å². The summed E-state index contributed by atoms with van der Waals surface area (Å²) in [6, 6.07) is 7.13. The highest BCUT2D eigenvalue weighted by atomic mass is 35.5. The molecule has 1 atom stereocenters. The van der Waals surface area contributed by atoms with E-state index in [1.165, 1.54) is 12.8 Å². The summed E-state index contributed by atoms with van der Waals surface area (Å²) in [5, 5.41) is 3.30. The highest BCUT2D eigenvalue weighted by Gasteiger charge is 2.20. The number of carbonyl (C=O) groups excluding carboxylic acids is 2. The van der Waals surface area contributed by atoms with E-state index in [2.05, 4.69) is 5.32 Å². The van der Waals surface area contributed by atoms with Crippen molar-refractivity contribution in [3.05, 3.63) is 29.3 Å². The first-order valence-electron chi connectivity index (χ1n) is 8.19. The number of para-hydroxylation sites is 1. The number of rotatable bonds is 5. The van der Waals surface area contributed by atoms with Gasteiger partial charge in [0.2, 0.25) is 0 Å². The van der Waals surface area contributed by atoms with Gasteiger partial charge in [-0.2, -0.15) is 0 Å². The van der Waals surface area contributed by atoms with E-state index in [9.17, 15) is 9.59 Å². The molecule has 0 spiro atoms. The molecular weight excluding hydrogens is 314 g/mol. The lowest BCUT2D eigenvalue weighted by atomic mass is 10.2. The van der Waals surface area contributed by atoms with Crippen molar-refractivity contribution in [2.45, 2.75) is 25.7 Å². The Hall–Kier alpha value is -1.59. The number of amides is 2. The van der Waals surface area contributed by atoms with Crippen LogP contribution in [-0.2, 0) is 9.59 Å². The van der Waals surface area contributed by atoms with Crippen LogP contribution in [0.25, 0.3) is 0 Å². The molecule has 1 aromatic carbocycles. The highest BCUT2D eigenvalue weighted by molar-refractivity contribution is 6.33. The van der Waals surface area contributed by atoms with Crippen molar-refractivity contribution in [2.24, 2.45) is 0 Å². The molecule has 5 nitrogen and oxygen atoms in total. The average molecular weight is 339 g/mol. The fraction of sp³-hybridized carbons (Fsp3) is 0.529. The predicted octanol–water partition coefficient (Wildman–Crippen LogP) is 1.20. The molecule has 1 aromatic rings. The molecule has 6 heteroatoms. The molecular formula is C17H25ClN3O2+. The summed E-state index contributed by atoms with van der Waals surface area (Å²) < 4.78 is 0. The van der Waals surface area contributed by atoms with Gasteiger partial charge in [-0.05, 0) is 25.0 Å². The Morgan fingerprint density at radius 3 is 2.43 bits per heavy atom. The lowest BCUT2D eigenvalue weighted by molar-refractivity contribution is -0.862. The first-order chi connectivity index (χ1) is 11.1. The Morgan fingerprint density at radius 2 is 1.78 bits per heavy atom. The van der Waals surface area contributed by atoms with Crippen molar-refractivity contribution in [3.63, 3.8) is 0 Å². The molecule has 23 heavy (non-hydrogen) atoms. The van der Waals surface area contributed by atoms with Crippen molar-refractivity contribution < 1.29 is 14.5 Å². The minimum Gasteiger partial charge on any atom is -0.338 e. The molecule has 0 aromatic heterocycles. The third kappa shape index (κ3) is 5.84. The van der Waals surface area contributed by atoms with Crippen LogP contribution in [0.15, 0.2) is 24.3 Å². The number of carbonyl (C=O) groups is 2. The van der Waals surface area contributed by atoms with E-state index < -0.39 is 0 Å². The standard InChI is InChI=1S/C17H24ClN3O2/c1-20(13-17(23)21-10-6-2-3-7-11-21)12-16(22)19-15-9-5-4-8-14(15)18/h4-5,8-9H,2-3,6-7,10-13H2,1H3,(H,19,22)/p+1. The second-order valence-corrected chi connectivity index (χ2v) is 6.54. The molecule has 1 unspecified atom stereocenters. The molecule has 0 aliphatic carbocycles. The van der Waals surface area contributed by atoms with Gasteiger partial charge in [0.1, 0.15) is 0 Å². The minimum atomic E-state index is -0.140. The summed E-state index contributed by atoms with van der Waals surface area (Å²) in [4.78, 5) is 27.2. The number of likely N-dealkylation sites (tertiary alicyclic amines) is 1. The fourth-order valence-electron chi connectivity index (χ4n) is 2.78. The molecule has 1 heterocycles. The summed E-state index contributed by atoms with van der Waals surface area (Å²) in [5.41, 5.74) is 0.603. The van der Waals surface area contributed by atoms with Crippen LogP contribution in [0, 0.1) is 0 Å². The monoisotopic (exact) mass is 338 g/mol. The third-order valence-electron chi connectivity index (χ3n) is 4.02. The molecule has 0 bridgehead atoms. The second-order valence-electron chi connectivity index (χ2n) is 6.13. The van der Waals surface area contributed by atoms with E-state index in [-0.39, 0.29) is 18.4 Å². The zero-order valence-corrected chi connectivity index (χ0v) is 14.4. The van der Waals surface area contributed by atoms with Gasteiger partial charge in [0.15, 0.2) is 13.1 Å². The van der Waals surface area contributed by atoms with Gasteiger partial charge >= 0.3 is 0 Å². The highest BCUT2D eigenvalue weighted by Crippen LogP contribution is 2.19. The largest absolute Gasteiger partial charge is 0.338 e. The van der Waals surface area contributed by atoms with E-state index in [1.807, 2.05) is 24.1 Å². The Bertz CT molecular complexity index is 542. The molecule has 2 rings (SSSR count). The summed E-state index contributed by atoms with van der Waals surface area (Å²) in [5.74, 6) is -0.00536. The number of nitrogens with one attached hydrogen (secondary N) is 2. The van der Waals surface area contributed by atoms with Gasteiger partial charge in [-0.15, -0.1) is 0 Å². The van der Waals surface area contributed by atoms with Gasteiger partial charge in [-0.1, -0.05) is 36.6 Å². The SMILES string of the molecule is C[NH+](CC(=O)Nc1ccccc1Cl)CC(=O)N1CCCCCC1. The number of nitrogens with zero attached hydrogens (tertiary/aromatic N) is 1. The molecule has 126 valence electrons. The van der Waals surface area contributed by atoms with Crippen molar-refractivity contribution in [3.8, 4) is 0 Å². The average Bonchev–Trinajstić information content (AvgIpc) is 2.78. The van der Waals surface area contributed by atoms with Crippen LogP contribution < -0.4 is 10.2 Å². The number of quaternary nitrogens is 1. The van der Waals surface area contributed by atoms with Crippen LogP contribution in [0.3, 0.4) is 0 Å². The lowest BCUT2D eigenvalue weighted by Crippen LogP contribution is -3.11. The van der Waals surface area contributed by atoms with Gasteiger partial charge in [0.25, 0.3) is 11.8 Å². The van der Waals surface area contributed by atoms with Crippen molar-refractivity contribution in [1.29, 1.82) is 0 Å². The maximum Gasteiger partial charge on any atom is 0.279 e. The molecule has 1 fully saturated rings. The van der Waals surface area contributed by atoms with Crippen molar-refractivity contribution in [2.75, 3.05) is 38.5 Å². The molecule has 2 N–H and O–H groups in total. The Morgan fingerprint density at radius 1 is 1.13 bits per heavy atom. The molecule has 0 saturated carbocycles. The van der Waals surface area contributed by atoms with Crippen LogP contribution in [0.4, 0.5) is 5.69 Å². The number of anilines is 1. The van der Waals surface area contributed by atoms with Crippen LogP contribution in [-0.4, -0.2) is 49.9 Å². The maximum atomic E-state index is 12.3. The molecule has 1 saturated heterocycles. The second kappa shape index (κ2) is 8.89. The van der Waals surface area contributed by atoms with Crippen LogP contribution in [0.5, 0.6) is 0 Å². The molecule has 1 aliphatic heterocycles. The smallest absolute Gasteiger partial charge is 0.279 e. The van der Waals surface area contributed by atoms with E-state index in [1.54, 1.807) is 12.1 Å². The van der Waals surface area contributed by atoms with Gasteiger partial charge in [-0.25, -0.2) is 0 Å². The third-order valence-corrected chi connectivity index (χ3v) is 4.35. The van der Waals surface area contributed by atoms with Gasteiger partial charge < -0.3 is 15.1 Å². The van der Waals surface area contributed by atoms with Crippen molar-refractivity contribution >= 4 is 29.1 Å². The summed E-state index contributed by atoms with van der Waals surface area (Å²) in [7, 11) is 1.86. The van der Waals surface area contributed by atoms with Crippen LogP contribution >= 0.6 is 11.6 Å². The zero-order chi connectivity index (χ0) is 16.7. The van der Waals surface area contributed by atoms with E-state index in [4.69, 9.17) is 11.6 Å². The van der Waals surface area contributed by atoms with Crippen LogP contribution in [0.1, 0.15) is 25.7 Å². The van der Waals surface area contributed by atoms with E-state index >= 15 is 0 Å². The predicted molar refractivity (Wildman–Crippen MR) is 91.8 cm³/mol.